The number of rotatable bonds is 11. The maximum absolute atomic E-state index is 12.5. The van der Waals surface area contributed by atoms with Crippen LogP contribution in [0.3, 0.4) is 0 Å². The molecule has 45 heavy (non-hydrogen) atoms. The summed E-state index contributed by atoms with van der Waals surface area (Å²) in [6.45, 7) is 9.54. The number of thiol groups is 2. The first-order valence-corrected chi connectivity index (χ1v) is 15.8. The van der Waals surface area contributed by atoms with Crippen molar-refractivity contribution in [3.8, 4) is 0 Å². The highest BCUT2D eigenvalue weighted by atomic mass is 32.1. The predicted molar refractivity (Wildman–Crippen MR) is 180 cm³/mol. The SMILES string of the molecule is CC1=C(/C=C/S)C(=O)N[C@@H]1Cc1[nH]c(=C/c2[nH]c(/C=C3\NC(=O)[C@H](C)[C@H]3[C@H](C)S)c(C)c2CCC(=O)O)/c(=C/CC(=O)O)c1C. The highest BCUT2D eigenvalue weighted by Crippen LogP contribution is 2.34. The molecule has 0 radical (unpaired) electrons. The van der Waals surface area contributed by atoms with E-state index in [0.717, 1.165) is 39.3 Å². The van der Waals surface area contributed by atoms with Crippen molar-refractivity contribution in [2.24, 2.45) is 11.8 Å². The Morgan fingerprint density at radius 1 is 1.02 bits per heavy atom. The van der Waals surface area contributed by atoms with Crippen molar-refractivity contribution in [2.45, 2.75) is 71.6 Å². The average Bonchev–Trinajstić information content (AvgIpc) is 3.60. The molecule has 10 nitrogen and oxygen atoms in total. The number of amides is 2. The zero-order chi connectivity index (χ0) is 33.2. The predicted octanol–water partition coefficient (Wildman–Crippen LogP) is 2.90. The molecule has 0 unspecified atom stereocenters. The third-order valence-electron chi connectivity index (χ3n) is 8.79. The van der Waals surface area contributed by atoms with Crippen molar-refractivity contribution >= 4 is 67.2 Å². The van der Waals surface area contributed by atoms with Crippen molar-refractivity contribution in [1.82, 2.24) is 20.6 Å². The minimum absolute atomic E-state index is 0.0699. The van der Waals surface area contributed by atoms with E-state index in [1.54, 1.807) is 12.2 Å². The van der Waals surface area contributed by atoms with E-state index >= 15 is 0 Å². The monoisotopic (exact) mass is 652 g/mol. The number of carboxylic acid groups (broad SMARTS) is 2. The third kappa shape index (κ3) is 7.33. The molecule has 2 amide bonds. The van der Waals surface area contributed by atoms with Gasteiger partial charge in [0.1, 0.15) is 0 Å². The topological polar surface area (TPSA) is 164 Å². The number of aromatic amines is 2. The van der Waals surface area contributed by atoms with Gasteiger partial charge in [0, 0.05) is 63.6 Å². The number of nitrogens with one attached hydrogen (secondary N) is 4. The Labute approximate surface area is 272 Å². The fourth-order valence-corrected chi connectivity index (χ4v) is 6.81. The van der Waals surface area contributed by atoms with Gasteiger partial charge in [0.25, 0.3) is 5.91 Å². The molecule has 4 atom stereocenters. The van der Waals surface area contributed by atoms with E-state index in [4.69, 9.17) is 0 Å². The maximum Gasteiger partial charge on any atom is 0.307 e. The van der Waals surface area contributed by atoms with Gasteiger partial charge in [-0.25, -0.2) is 0 Å². The summed E-state index contributed by atoms with van der Waals surface area (Å²) < 4.78 is 0. The van der Waals surface area contributed by atoms with Crippen LogP contribution in [0, 0.1) is 25.7 Å². The minimum atomic E-state index is -0.972. The lowest BCUT2D eigenvalue weighted by atomic mass is 9.91. The molecule has 6 N–H and O–H groups in total. The van der Waals surface area contributed by atoms with E-state index in [2.05, 4.69) is 45.9 Å². The van der Waals surface area contributed by atoms with Crippen LogP contribution < -0.4 is 21.2 Å². The third-order valence-corrected chi connectivity index (χ3v) is 9.26. The highest BCUT2D eigenvalue weighted by molar-refractivity contribution is 7.83. The van der Waals surface area contributed by atoms with Crippen LogP contribution in [0.5, 0.6) is 0 Å². The minimum Gasteiger partial charge on any atom is -0.481 e. The molecule has 1 saturated heterocycles. The van der Waals surface area contributed by atoms with Crippen LogP contribution in [0.4, 0.5) is 0 Å². The Kier molecular flexibility index (Phi) is 10.6. The van der Waals surface area contributed by atoms with Gasteiger partial charge < -0.3 is 30.8 Å². The van der Waals surface area contributed by atoms with Crippen LogP contribution >= 0.6 is 25.3 Å². The Morgan fingerprint density at radius 3 is 2.36 bits per heavy atom. The lowest BCUT2D eigenvalue weighted by Crippen LogP contribution is -2.30. The molecule has 0 aliphatic carbocycles. The Bertz CT molecular complexity index is 1760. The van der Waals surface area contributed by atoms with Gasteiger partial charge in [-0.3, -0.25) is 19.2 Å². The molecule has 2 aliphatic heterocycles. The Hall–Kier alpha value is -3.90. The molecule has 0 bridgehead atoms. The second-order valence-corrected chi connectivity index (χ2v) is 12.9. The molecule has 12 heteroatoms. The van der Waals surface area contributed by atoms with E-state index in [0.29, 0.717) is 28.3 Å². The Balaban J connectivity index is 1.86. The van der Waals surface area contributed by atoms with Crippen molar-refractivity contribution in [2.75, 3.05) is 0 Å². The van der Waals surface area contributed by atoms with Gasteiger partial charge >= 0.3 is 11.9 Å². The lowest BCUT2D eigenvalue weighted by molar-refractivity contribution is -0.137. The fraction of sp³-hybridized carbons (Fsp3) is 0.394. The first-order valence-electron chi connectivity index (χ1n) is 14.8. The molecule has 4 heterocycles. The zero-order valence-corrected chi connectivity index (χ0v) is 27.7. The van der Waals surface area contributed by atoms with Gasteiger partial charge in [-0.1, -0.05) is 19.9 Å². The second kappa shape index (κ2) is 14.0. The van der Waals surface area contributed by atoms with Crippen molar-refractivity contribution in [3.63, 3.8) is 0 Å². The largest absolute Gasteiger partial charge is 0.481 e. The number of carbonyl (C=O) groups excluding carboxylic acids is 2. The van der Waals surface area contributed by atoms with E-state index in [-0.39, 0.29) is 54.2 Å². The van der Waals surface area contributed by atoms with Crippen molar-refractivity contribution < 1.29 is 29.4 Å². The first kappa shape index (κ1) is 34.0. The second-order valence-electron chi connectivity index (χ2n) is 11.7. The molecular weight excluding hydrogens is 613 g/mol. The van der Waals surface area contributed by atoms with Crippen LogP contribution in [0.1, 0.15) is 67.4 Å². The zero-order valence-electron chi connectivity index (χ0n) is 25.9. The summed E-state index contributed by atoms with van der Waals surface area (Å²) in [4.78, 5) is 55.0. The van der Waals surface area contributed by atoms with E-state index < -0.39 is 11.9 Å². The van der Waals surface area contributed by atoms with Gasteiger partial charge in [0.05, 0.1) is 12.5 Å². The van der Waals surface area contributed by atoms with Crippen molar-refractivity contribution in [3.05, 3.63) is 72.7 Å². The smallest absolute Gasteiger partial charge is 0.307 e. The fourth-order valence-electron chi connectivity index (χ4n) is 6.24. The number of carbonyl (C=O) groups is 4. The highest BCUT2D eigenvalue weighted by Gasteiger charge is 2.37. The summed E-state index contributed by atoms with van der Waals surface area (Å²) in [6.07, 6.45) is 7.54. The number of aliphatic carboxylic acids is 2. The molecule has 2 aromatic heterocycles. The van der Waals surface area contributed by atoms with Gasteiger partial charge in [-0.15, -0.1) is 0 Å². The van der Waals surface area contributed by atoms with Crippen molar-refractivity contribution in [1.29, 1.82) is 0 Å². The lowest BCUT2D eigenvalue weighted by Gasteiger charge is -2.17. The summed E-state index contributed by atoms with van der Waals surface area (Å²) in [5.74, 6) is -2.49. The van der Waals surface area contributed by atoms with Crippen LogP contribution in [-0.4, -0.2) is 55.2 Å². The molecule has 2 aromatic rings. The number of hydrogen-bond acceptors (Lipinski definition) is 6. The number of carboxylic acids is 2. The molecule has 0 aromatic carbocycles. The Morgan fingerprint density at radius 2 is 1.73 bits per heavy atom. The maximum atomic E-state index is 12.5. The molecule has 0 saturated carbocycles. The number of allylic oxidation sites excluding steroid dienone is 1. The van der Waals surface area contributed by atoms with E-state index in [9.17, 15) is 29.4 Å². The molecule has 0 spiro atoms. The average molecular weight is 653 g/mol. The summed E-state index contributed by atoms with van der Waals surface area (Å²) >= 11 is 8.72. The number of H-pyrrole nitrogens is 2. The molecule has 1 fully saturated rings. The summed E-state index contributed by atoms with van der Waals surface area (Å²) in [5, 5.41) is 27.7. The quantitative estimate of drug-likeness (QED) is 0.174. The number of aromatic nitrogens is 2. The summed E-state index contributed by atoms with van der Waals surface area (Å²) in [7, 11) is 0. The first-order chi connectivity index (χ1) is 21.2. The van der Waals surface area contributed by atoms with Crippen LogP contribution in [0.15, 0.2) is 28.3 Å². The summed E-state index contributed by atoms with van der Waals surface area (Å²) in [5.41, 5.74) is 6.97. The molecular formula is C33H40N4O6S2. The van der Waals surface area contributed by atoms with Crippen LogP contribution in [0.2, 0.25) is 0 Å². The van der Waals surface area contributed by atoms with E-state index in [1.165, 1.54) is 5.41 Å². The normalized spacial score (nSPS) is 22.6. The van der Waals surface area contributed by atoms with Crippen LogP contribution in [0.25, 0.3) is 18.2 Å². The van der Waals surface area contributed by atoms with Gasteiger partial charge in [0.15, 0.2) is 0 Å². The van der Waals surface area contributed by atoms with Gasteiger partial charge in [-0.2, -0.15) is 25.3 Å². The molecule has 240 valence electrons. The summed E-state index contributed by atoms with van der Waals surface area (Å²) in [6, 6.07) is -0.252. The standard InChI is InChI=1S/C33H40N4O6S2/c1-15-20(6-8-29(38)39)26(34-23(15)12-25-17(3)22(10-11-44)33(43)36-25)14-27-21(7-9-30(40)41)16(2)24(35-27)13-28-31(19(5)45)18(4)32(42)37-28/h6,10-11,13-14,18-19,25,31,34-35,44-45H,7-9,12H2,1-5H3,(H,36,43)(H,37,42)(H,38,39)(H,40,41)/b11-10+,20-6+,26-14+,28-13-/t18-,19+,25-,31+/m1/s1. The molecule has 2 aliphatic rings. The molecule has 4 rings (SSSR count). The van der Waals surface area contributed by atoms with Gasteiger partial charge in [0.2, 0.25) is 5.91 Å². The van der Waals surface area contributed by atoms with E-state index in [1.807, 2.05) is 46.8 Å². The number of hydrogen-bond donors (Lipinski definition) is 8. The van der Waals surface area contributed by atoms with Crippen LogP contribution in [-0.2, 0) is 32.0 Å². The van der Waals surface area contributed by atoms with Gasteiger partial charge in [-0.05, 0) is 78.3 Å².